The van der Waals surface area contributed by atoms with Gasteiger partial charge in [0.05, 0.1) is 10.6 Å². The molecule has 22 nitrogen and oxygen atoms in total. The van der Waals surface area contributed by atoms with Gasteiger partial charge in [-0.25, -0.2) is 0 Å². The van der Waals surface area contributed by atoms with Crippen molar-refractivity contribution in [1.29, 1.82) is 0 Å². The van der Waals surface area contributed by atoms with Crippen molar-refractivity contribution in [1.82, 2.24) is 55.6 Å². The number of benzene rings is 1. The first-order valence-electron chi connectivity index (χ1n) is 32.9. The lowest BCUT2D eigenvalue weighted by Crippen LogP contribution is -2.65. The van der Waals surface area contributed by atoms with Gasteiger partial charge in [-0.05, 0) is 120 Å². The molecule has 0 radical (unpaired) electrons. The van der Waals surface area contributed by atoms with E-state index >= 15 is 14.4 Å². The van der Waals surface area contributed by atoms with E-state index in [2.05, 4.69) is 21.3 Å². The van der Waals surface area contributed by atoms with E-state index in [9.17, 15) is 51.5 Å². The molecule has 11 amide bonds. The lowest BCUT2D eigenvalue weighted by molar-refractivity contribution is -0.159. The number of carbonyl (C=O) groups excluding carboxylic acids is 11. The van der Waals surface area contributed by atoms with Crippen molar-refractivity contribution in [3.8, 4) is 0 Å². The van der Waals surface area contributed by atoms with E-state index in [0.29, 0.717) is 44.1 Å². The summed E-state index contributed by atoms with van der Waals surface area (Å²) < 4.78 is 41.5. The molecule has 11 atom stereocenters. The summed E-state index contributed by atoms with van der Waals surface area (Å²) in [7, 11) is 5.85. The number of likely N-dealkylation sites (N-methyl/N-ethyl adjacent to an activating group) is 4. The van der Waals surface area contributed by atoms with Crippen molar-refractivity contribution in [2.75, 3.05) is 47.8 Å². The Morgan fingerprint density at radius 3 is 1.77 bits per heavy atom. The predicted octanol–water partition coefficient (Wildman–Crippen LogP) is 5.20. The Kier molecular flexibility index (Phi) is 24.1. The minimum Gasteiger partial charge on any atom is -0.351 e. The number of rotatable bonds is 8. The van der Waals surface area contributed by atoms with E-state index in [1.165, 1.54) is 82.4 Å². The van der Waals surface area contributed by atoms with Crippen LogP contribution in [0, 0.1) is 17.8 Å². The molecule has 4 heterocycles. The van der Waals surface area contributed by atoms with Gasteiger partial charge in [0.15, 0.2) is 0 Å². The van der Waals surface area contributed by atoms with Crippen LogP contribution in [0.2, 0.25) is 5.02 Å². The molecule has 6 aliphatic rings. The summed E-state index contributed by atoms with van der Waals surface area (Å²) in [6.45, 7) is 12.2. The lowest BCUT2D eigenvalue weighted by atomic mass is 9.84. The number of alkyl halides is 3. The predicted molar refractivity (Wildman–Crippen MR) is 333 cm³/mol. The molecule has 26 heteroatoms. The first-order valence-corrected chi connectivity index (χ1v) is 33.3. The largest absolute Gasteiger partial charge is 0.417 e. The van der Waals surface area contributed by atoms with Gasteiger partial charge >= 0.3 is 6.18 Å². The average molecular weight is 1300 g/mol. The summed E-state index contributed by atoms with van der Waals surface area (Å²) >= 11 is 6.14. The van der Waals surface area contributed by atoms with Crippen molar-refractivity contribution in [3.05, 3.63) is 34.3 Å². The Balaban J connectivity index is 1.24. The molecule has 0 unspecified atom stereocenters. The number of hydrogen-bond donors (Lipinski definition) is 4. The van der Waals surface area contributed by atoms with Crippen molar-refractivity contribution >= 4 is 76.6 Å². The number of halogens is 4. The number of nitrogens with one attached hydrogen (secondary N) is 4. The van der Waals surface area contributed by atoms with Crippen LogP contribution in [0.5, 0.6) is 0 Å². The number of fused-ring (bicyclic) bond motifs is 3. The van der Waals surface area contributed by atoms with Crippen LogP contribution in [0.25, 0.3) is 0 Å². The molecule has 4 saturated heterocycles. The number of aryl methyl sites for hydroxylation is 1. The molecule has 0 aromatic heterocycles. The fraction of sp³-hybridized carbons (Fsp3) is 0.738. The van der Waals surface area contributed by atoms with Gasteiger partial charge in [-0.3, -0.25) is 52.7 Å². The van der Waals surface area contributed by atoms with Crippen molar-refractivity contribution < 1.29 is 65.9 Å². The van der Waals surface area contributed by atoms with Crippen LogP contribution in [-0.4, -0.2) is 213 Å². The molecule has 1 aromatic carbocycles. The van der Waals surface area contributed by atoms with Crippen LogP contribution < -0.4 is 21.3 Å². The fourth-order valence-corrected chi connectivity index (χ4v) is 14.6. The number of hydrogen-bond acceptors (Lipinski definition) is 11. The van der Waals surface area contributed by atoms with E-state index < -0.39 is 160 Å². The summed E-state index contributed by atoms with van der Waals surface area (Å²) in [5.41, 5.74) is -2.24. The molecular formula is C65H97ClF3N11O11. The molecule has 0 bridgehead atoms. The highest BCUT2D eigenvalue weighted by Gasteiger charge is 2.51. The molecule has 4 aliphatic heterocycles. The molecule has 506 valence electrons. The number of amides is 11. The number of nitrogens with zero attached hydrogens (tertiary/aromatic N) is 7. The second-order valence-electron chi connectivity index (χ2n) is 27.0. The maximum Gasteiger partial charge on any atom is 0.417 e. The first kappa shape index (κ1) is 71.9. The number of carbonyl (C=O) groups is 11. The highest BCUT2D eigenvalue weighted by molar-refractivity contribution is 6.31. The standard InChI is InChI=1S/C65H97ClF3N11O11/c1-12-38(4)52-62(90)80-33-28-49(80)61(89)79-32-19-23-48(79)59(87)76(10)50(36-42-20-14-13-15-21-42)60(88)75(9)41(7)54(82)71-46(27-25-43-24-26-44(45(66)35-43)65(67,68)69)58(86)78-31-18-22-47(78)56(84)73-64(29-16-17-30-64)63(91)77(11)53(37(2)3)57(85)70-39(5)34-51(81)74(8)40(6)55(83)72-52/h24,26,35,37-42,46-50,52-53H,12-23,25,27-34,36H2,1-11H3,(H,70,85)(H,71,82)(H,72,83)(H,73,84)/t38-,39+,40-,41+,46-,47-,48-,49-,50-,52-,53-/m0/s1. The first-order chi connectivity index (χ1) is 42.8. The van der Waals surface area contributed by atoms with E-state index in [1.807, 2.05) is 6.92 Å². The highest BCUT2D eigenvalue weighted by atomic mass is 35.5. The van der Waals surface area contributed by atoms with E-state index in [4.69, 9.17) is 11.6 Å². The Labute approximate surface area is 538 Å². The van der Waals surface area contributed by atoms with Crippen molar-refractivity contribution in [2.24, 2.45) is 17.8 Å². The van der Waals surface area contributed by atoms with Gasteiger partial charge in [-0.1, -0.05) is 96.7 Å². The average Bonchev–Trinajstić information content (AvgIpc) is 1.79. The molecule has 6 fully saturated rings. The summed E-state index contributed by atoms with van der Waals surface area (Å²) in [6.07, 6.45) is 2.99. The van der Waals surface area contributed by atoms with Gasteiger partial charge in [-0.15, -0.1) is 0 Å². The maximum atomic E-state index is 15.2. The molecule has 4 N–H and O–H groups in total. The van der Waals surface area contributed by atoms with Gasteiger partial charge < -0.3 is 55.6 Å². The molecule has 2 saturated carbocycles. The minimum atomic E-state index is -4.74. The van der Waals surface area contributed by atoms with Crippen LogP contribution in [0.4, 0.5) is 13.2 Å². The molecule has 2 aliphatic carbocycles. The summed E-state index contributed by atoms with van der Waals surface area (Å²) in [5.74, 6) is -7.23. The molecule has 91 heavy (non-hydrogen) atoms. The molecule has 1 aromatic rings. The maximum absolute atomic E-state index is 15.2. The molecule has 7 rings (SSSR count). The van der Waals surface area contributed by atoms with Crippen LogP contribution in [0.3, 0.4) is 0 Å². The Morgan fingerprint density at radius 2 is 1.19 bits per heavy atom. The van der Waals surface area contributed by atoms with Gasteiger partial charge in [0.2, 0.25) is 65.0 Å². The summed E-state index contributed by atoms with van der Waals surface area (Å²) in [6, 6.07) is -7.75. The van der Waals surface area contributed by atoms with Crippen molar-refractivity contribution in [3.63, 3.8) is 0 Å². The zero-order valence-electron chi connectivity index (χ0n) is 54.9. The Morgan fingerprint density at radius 1 is 0.604 bits per heavy atom. The summed E-state index contributed by atoms with van der Waals surface area (Å²) in [4.78, 5) is 171. The van der Waals surface area contributed by atoms with Crippen LogP contribution >= 0.6 is 11.6 Å². The molecule has 1 spiro atoms. The van der Waals surface area contributed by atoms with Crippen LogP contribution in [0.15, 0.2) is 18.2 Å². The quantitative estimate of drug-likeness (QED) is 0.263. The topological polar surface area (TPSA) is 259 Å². The zero-order valence-corrected chi connectivity index (χ0v) is 55.7. The van der Waals surface area contributed by atoms with E-state index in [1.54, 1.807) is 27.7 Å². The molecular weight excluding hydrogens is 1200 g/mol. The van der Waals surface area contributed by atoms with E-state index in [-0.39, 0.29) is 76.9 Å². The normalized spacial score (nSPS) is 29.6. The van der Waals surface area contributed by atoms with Gasteiger partial charge in [0, 0.05) is 60.3 Å². The third-order valence-electron chi connectivity index (χ3n) is 20.5. The Hall–Kier alpha value is -6.53. The van der Waals surface area contributed by atoms with E-state index in [0.717, 1.165) is 44.2 Å². The SMILES string of the molecule is CC[C@H](C)[C@@H]1NC(=O)[C@H](C)N(C)C(=O)C[C@@H](C)NC(=O)[C@H](C(C)C)N(C)C(=O)C2(CCCC2)NC(=O)[C@@H]2CCCN2C(=O)[C@H](CCc2ccc(C(F)(F)F)c(Cl)c2)NC(=O)[C@@H](C)N(C)C(=O)[C@H](CC2CCCCC2)N(C)C(=O)[C@@H]2CCCN2C(=O)[C@@H]2CCN2C1=O. The Bertz CT molecular complexity index is 2890. The monoisotopic (exact) mass is 1300 g/mol. The zero-order chi connectivity index (χ0) is 67.1. The smallest absolute Gasteiger partial charge is 0.351 e. The second kappa shape index (κ2) is 30.5. The van der Waals surface area contributed by atoms with Crippen molar-refractivity contribution in [2.45, 2.75) is 243 Å². The van der Waals surface area contributed by atoms with Crippen LogP contribution in [0.1, 0.15) is 175 Å². The summed E-state index contributed by atoms with van der Waals surface area (Å²) in [5, 5.41) is 11.0. The highest BCUT2D eigenvalue weighted by Crippen LogP contribution is 2.37. The second-order valence-corrected chi connectivity index (χ2v) is 27.4. The van der Waals surface area contributed by atoms with Gasteiger partial charge in [-0.2, -0.15) is 13.2 Å². The third-order valence-corrected chi connectivity index (χ3v) is 20.8. The van der Waals surface area contributed by atoms with Gasteiger partial charge in [0.1, 0.15) is 59.9 Å². The lowest BCUT2D eigenvalue weighted by Gasteiger charge is -2.45. The third kappa shape index (κ3) is 16.3. The van der Waals surface area contributed by atoms with Gasteiger partial charge in [0.25, 0.3) is 0 Å². The fourth-order valence-electron chi connectivity index (χ4n) is 14.2. The minimum absolute atomic E-state index is 0.0380. The van der Waals surface area contributed by atoms with Crippen LogP contribution in [-0.2, 0) is 65.3 Å².